The summed E-state index contributed by atoms with van der Waals surface area (Å²) in [5.74, 6) is 0. The van der Waals surface area contributed by atoms with Gasteiger partial charge in [-0.15, -0.1) is 12.6 Å². The van der Waals surface area contributed by atoms with Crippen LogP contribution >= 0.6 is 0 Å². The van der Waals surface area contributed by atoms with Crippen LogP contribution < -0.4 is 0 Å². The predicted octanol–water partition coefficient (Wildman–Crippen LogP) is 0.522. The highest BCUT2D eigenvalue weighted by molar-refractivity contribution is 7.59. The summed E-state index contributed by atoms with van der Waals surface area (Å²) in [7, 11) is 2.89. The zero-order valence-electron chi connectivity index (χ0n) is 10.6. The Kier molecular flexibility index (Phi) is 21.3. The van der Waals surface area contributed by atoms with Gasteiger partial charge in [0.05, 0.1) is 0 Å². The molecule has 0 heterocycles. The third-order valence-electron chi connectivity index (χ3n) is 1.34. The van der Waals surface area contributed by atoms with E-state index in [-0.39, 0.29) is 0 Å². The van der Waals surface area contributed by atoms with Crippen molar-refractivity contribution in [3.63, 3.8) is 0 Å². The molecule has 15 heavy (non-hydrogen) atoms. The van der Waals surface area contributed by atoms with Gasteiger partial charge in [-0.1, -0.05) is 20.8 Å². The van der Waals surface area contributed by atoms with Crippen molar-refractivity contribution in [2.45, 2.75) is 20.8 Å². The first-order valence-corrected chi connectivity index (χ1v) is 5.91. The normalized spacial score (nSPS) is 8.80. The highest BCUT2D eigenvalue weighted by Crippen LogP contribution is 1.81. The number of hydrogen-bond acceptors (Lipinski definition) is 5. The van der Waals surface area contributed by atoms with E-state index in [4.69, 9.17) is 12.6 Å². The maximum absolute atomic E-state index is 8.44. The molecule has 5 nitrogen and oxygen atoms in total. The van der Waals surface area contributed by atoms with Crippen LogP contribution in [0.1, 0.15) is 20.8 Å². The fraction of sp³-hybridized carbons (Fsp3) is 1.00. The third-order valence-corrected chi connectivity index (χ3v) is 1.34. The Morgan fingerprint density at radius 1 is 0.800 bits per heavy atom. The monoisotopic (exact) mass is 240 g/mol. The molecule has 0 unspecified atom stereocenters. The molecule has 94 valence electrons. The summed E-state index contributed by atoms with van der Waals surface area (Å²) >= 11 is 0. The van der Waals surface area contributed by atoms with Gasteiger partial charge in [-0.25, -0.2) is 0 Å². The highest BCUT2D eigenvalue weighted by atomic mass is 32.2. The van der Waals surface area contributed by atoms with Crippen LogP contribution in [-0.2, 0) is 10.6 Å². The first-order chi connectivity index (χ1) is 6.81. The maximum Gasteiger partial charge on any atom is 0.425 e. The fourth-order valence-electron chi connectivity index (χ4n) is 0.671. The Morgan fingerprint density at radius 2 is 0.933 bits per heavy atom. The molecule has 0 aliphatic rings. The van der Waals surface area contributed by atoms with Gasteiger partial charge in [0.15, 0.2) is 0 Å². The van der Waals surface area contributed by atoms with Crippen LogP contribution in [0.25, 0.3) is 0 Å². The summed E-state index contributed by atoms with van der Waals surface area (Å²) < 4.78 is 25.3. The van der Waals surface area contributed by atoms with Crippen molar-refractivity contribution < 1.29 is 12.6 Å². The van der Waals surface area contributed by atoms with Gasteiger partial charge in [-0.3, -0.25) is 0 Å². The molecule has 0 amide bonds. The van der Waals surface area contributed by atoms with Crippen molar-refractivity contribution in [2.75, 3.05) is 40.8 Å². The predicted molar refractivity (Wildman–Crippen MR) is 62.8 cm³/mol. The van der Waals surface area contributed by atoms with Crippen molar-refractivity contribution in [1.82, 2.24) is 9.80 Å². The summed E-state index contributed by atoms with van der Waals surface area (Å²) in [6.07, 6.45) is 0. The Balaban J connectivity index is -0.000000155. The van der Waals surface area contributed by atoms with Crippen LogP contribution in [0.3, 0.4) is 0 Å². The fourth-order valence-corrected chi connectivity index (χ4v) is 0.671. The van der Waals surface area contributed by atoms with E-state index in [0.29, 0.717) is 0 Å². The second-order valence-electron chi connectivity index (χ2n) is 3.17. The minimum Gasteiger partial charge on any atom is -0.312 e. The van der Waals surface area contributed by atoms with Gasteiger partial charge in [0.1, 0.15) is 0 Å². The van der Waals surface area contributed by atoms with Gasteiger partial charge in [-0.05, 0) is 40.8 Å². The lowest BCUT2D eigenvalue weighted by atomic mass is 10.5. The number of hydrogen-bond donors (Lipinski definition) is 0. The third kappa shape index (κ3) is 58.8. The lowest BCUT2D eigenvalue weighted by Crippen LogP contribution is -2.21. The first kappa shape index (κ1) is 20.0. The van der Waals surface area contributed by atoms with Gasteiger partial charge in [-0.2, -0.15) is 0 Å². The first-order valence-electron chi connectivity index (χ1n) is 4.91. The summed E-state index contributed by atoms with van der Waals surface area (Å²) in [5, 5.41) is 0. The van der Waals surface area contributed by atoms with Crippen molar-refractivity contribution in [2.24, 2.45) is 0 Å². The van der Waals surface area contributed by atoms with E-state index in [2.05, 4.69) is 25.7 Å². The topological polar surface area (TPSA) is 57.7 Å². The molecule has 0 bridgehead atoms. The molecule has 6 heteroatoms. The molecule has 0 aromatic heterocycles. The zero-order chi connectivity index (χ0) is 12.9. The molecule has 0 fully saturated rings. The Labute approximate surface area is 95.1 Å². The summed E-state index contributed by atoms with van der Waals surface area (Å²) in [5.41, 5.74) is 0. The molecule has 0 aromatic rings. The lowest BCUT2D eigenvalue weighted by molar-refractivity contribution is 0.321. The van der Waals surface area contributed by atoms with Crippen LogP contribution in [-0.4, -0.2) is 63.2 Å². The molecule has 0 N–H and O–H groups in total. The van der Waals surface area contributed by atoms with E-state index >= 15 is 0 Å². The molecule has 0 atom stereocenters. The average molecular weight is 240 g/mol. The van der Waals surface area contributed by atoms with Crippen molar-refractivity contribution in [1.29, 1.82) is 0 Å². The largest absolute Gasteiger partial charge is 0.425 e. The maximum atomic E-state index is 8.44. The van der Waals surface area contributed by atoms with Gasteiger partial charge in [0.2, 0.25) is 0 Å². The molecule has 0 rings (SSSR count). The Bertz CT molecular complexity index is 181. The van der Waals surface area contributed by atoms with Gasteiger partial charge >= 0.3 is 10.6 Å². The second kappa shape index (κ2) is 16.0. The summed E-state index contributed by atoms with van der Waals surface area (Å²) in [4.78, 5) is 4.38. The molecule has 0 aliphatic carbocycles. The van der Waals surface area contributed by atoms with E-state index < -0.39 is 10.6 Å². The summed E-state index contributed by atoms with van der Waals surface area (Å²) in [6, 6.07) is 0. The van der Waals surface area contributed by atoms with Gasteiger partial charge < -0.3 is 9.80 Å². The van der Waals surface area contributed by atoms with E-state index in [1.54, 1.807) is 0 Å². The average Bonchev–Trinajstić information content (AvgIpc) is 2.05. The van der Waals surface area contributed by atoms with E-state index in [1.807, 2.05) is 26.0 Å². The van der Waals surface area contributed by atoms with Crippen LogP contribution in [0.2, 0.25) is 0 Å². The van der Waals surface area contributed by atoms with Gasteiger partial charge in [0, 0.05) is 0 Å². The Hall–Kier alpha value is -0.460. The van der Waals surface area contributed by atoms with Crippen LogP contribution in [0.15, 0.2) is 0 Å². The van der Waals surface area contributed by atoms with E-state index in [1.165, 1.54) is 19.6 Å². The number of nitrogens with zero attached hydrogens (tertiary/aromatic N) is 2. The van der Waals surface area contributed by atoms with E-state index in [9.17, 15) is 0 Å². The summed E-state index contributed by atoms with van der Waals surface area (Å²) in [6.45, 7) is 10.1. The van der Waals surface area contributed by atoms with Crippen molar-refractivity contribution >= 4 is 10.6 Å². The molecule has 0 radical (unpaired) electrons. The van der Waals surface area contributed by atoms with Crippen LogP contribution in [0, 0.1) is 0 Å². The molecular weight excluding hydrogens is 216 g/mol. The molecule has 0 saturated carbocycles. The quantitative estimate of drug-likeness (QED) is 0.720. The Morgan fingerprint density at radius 3 is 0.933 bits per heavy atom. The van der Waals surface area contributed by atoms with Gasteiger partial charge in [0.25, 0.3) is 0 Å². The minimum atomic E-state index is -3.11. The van der Waals surface area contributed by atoms with Crippen molar-refractivity contribution in [3.05, 3.63) is 0 Å². The van der Waals surface area contributed by atoms with Crippen LogP contribution in [0.5, 0.6) is 0 Å². The molecule has 0 aliphatic heterocycles. The minimum absolute atomic E-state index is 1.19. The van der Waals surface area contributed by atoms with E-state index in [0.717, 1.165) is 0 Å². The standard InChI is InChI=1S/C6H15N.C3H9N.O3S/c1-4-7(5-2)6-3;2*1-4(2)3/h4-6H2,1-3H3;1-3H3;. The highest BCUT2D eigenvalue weighted by Gasteiger charge is 1.89. The SMILES string of the molecule is CCN(CC)CC.CN(C)C.O=S(=O)=O. The molecule has 0 saturated heterocycles. The zero-order valence-corrected chi connectivity index (χ0v) is 11.5. The lowest BCUT2D eigenvalue weighted by Gasteiger charge is -2.13. The number of rotatable bonds is 3. The smallest absolute Gasteiger partial charge is 0.312 e. The van der Waals surface area contributed by atoms with Crippen molar-refractivity contribution in [3.8, 4) is 0 Å². The molecule has 0 aromatic carbocycles. The molecule has 0 spiro atoms. The molecular formula is C9H24N2O3S. The van der Waals surface area contributed by atoms with Crippen LogP contribution in [0.4, 0.5) is 0 Å². The second-order valence-corrected chi connectivity index (χ2v) is 3.57.